The summed E-state index contributed by atoms with van der Waals surface area (Å²) < 4.78 is 44.9. The van der Waals surface area contributed by atoms with Crippen LogP contribution in [-0.4, -0.2) is 75.8 Å². The number of rotatable bonds is 5. The summed E-state index contributed by atoms with van der Waals surface area (Å²) in [7, 11) is -2.30. The first kappa shape index (κ1) is 22.5. The highest BCUT2D eigenvalue weighted by molar-refractivity contribution is 7.89. The molecular weight excluding hydrogens is 420 g/mol. The first-order valence-corrected chi connectivity index (χ1v) is 12.6. The highest BCUT2D eigenvalue weighted by Gasteiger charge is 2.35. The van der Waals surface area contributed by atoms with E-state index in [0.717, 1.165) is 32.1 Å². The number of methoxy groups -OCH3 is 1. The number of likely N-dealkylation sites (tertiary alicyclic amines) is 1. The highest BCUT2D eigenvalue weighted by atomic mass is 32.2. The molecule has 9 heteroatoms. The molecule has 0 aliphatic carbocycles. The highest BCUT2D eigenvalue weighted by Crippen LogP contribution is 2.33. The third kappa shape index (κ3) is 4.60. The van der Waals surface area contributed by atoms with E-state index in [9.17, 15) is 13.2 Å². The van der Waals surface area contributed by atoms with Gasteiger partial charge < -0.3 is 19.1 Å². The van der Waals surface area contributed by atoms with Crippen molar-refractivity contribution in [2.75, 3.05) is 40.0 Å². The van der Waals surface area contributed by atoms with Crippen LogP contribution in [0.5, 0.6) is 5.75 Å². The van der Waals surface area contributed by atoms with E-state index in [2.05, 4.69) is 0 Å². The molecule has 0 spiro atoms. The number of hydrogen-bond acceptors (Lipinski definition) is 6. The molecule has 1 amide bonds. The number of carbonyl (C=O) groups is 1. The van der Waals surface area contributed by atoms with Gasteiger partial charge in [-0.3, -0.25) is 4.79 Å². The molecule has 3 aliphatic heterocycles. The van der Waals surface area contributed by atoms with Crippen molar-refractivity contribution in [2.24, 2.45) is 5.92 Å². The second kappa shape index (κ2) is 9.44. The van der Waals surface area contributed by atoms with Crippen LogP contribution in [0.25, 0.3) is 0 Å². The number of nitrogens with zero attached hydrogens (tertiary/aromatic N) is 2. The first-order chi connectivity index (χ1) is 14.9. The Morgan fingerprint density at radius 3 is 2.42 bits per heavy atom. The number of ether oxygens (including phenoxy) is 3. The van der Waals surface area contributed by atoms with E-state index < -0.39 is 10.0 Å². The average Bonchev–Trinajstić information content (AvgIpc) is 3.33. The second-order valence-corrected chi connectivity index (χ2v) is 10.4. The van der Waals surface area contributed by atoms with Gasteiger partial charge in [0.1, 0.15) is 10.6 Å². The van der Waals surface area contributed by atoms with E-state index in [1.165, 1.54) is 17.5 Å². The number of amides is 1. The van der Waals surface area contributed by atoms with Crippen LogP contribution >= 0.6 is 0 Å². The molecule has 1 aromatic carbocycles. The van der Waals surface area contributed by atoms with Crippen molar-refractivity contribution in [1.82, 2.24) is 9.21 Å². The van der Waals surface area contributed by atoms with Gasteiger partial charge in [0.25, 0.3) is 5.91 Å². The summed E-state index contributed by atoms with van der Waals surface area (Å²) in [5.74, 6) is 0.403. The Labute approximate surface area is 184 Å². The predicted molar refractivity (Wildman–Crippen MR) is 115 cm³/mol. The molecule has 8 nitrogen and oxygen atoms in total. The Kier molecular flexibility index (Phi) is 6.86. The lowest BCUT2D eigenvalue weighted by molar-refractivity contribution is -0.0956. The molecule has 3 fully saturated rings. The third-order valence-electron chi connectivity index (χ3n) is 6.60. The number of piperidine rings is 2. The monoisotopic (exact) mass is 452 g/mol. The molecule has 4 rings (SSSR count). The zero-order chi connectivity index (χ0) is 22.0. The molecule has 1 aromatic rings. The van der Waals surface area contributed by atoms with Gasteiger partial charge in [-0.15, -0.1) is 0 Å². The Morgan fingerprint density at radius 1 is 1.06 bits per heavy atom. The van der Waals surface area contributed by atoms with E-state index in [1.54, 1.807) is 17.0 Å². The first-order valence-electron chi connectivity index (χ1n) is 11.1. The Morgan fingerprint density at radius 2 is 1.77 bits per heavy atom. The van der Waals surface area contributed by atoms with Crippen molar-refractivity contribution >= 4 is 15.9 Å². The van der Waals surface area contributed by atoms with Crippen LogP contribution in [0.2, 0.25) is 0 Å². The van der Waals surface area contributed by atoms with E-state index >= 15 is 0 Å². The second-order valence-electron chi connectivity index (χ2n) is 8.57. The number of sulfonamides is 1. The quantitative estimate of drug-likeness (QED) is 0.682. The van der Waals surface area contributed by atoms with Crippen molar-refractivity contribution in [1.29, 1.82) is 0 Å². The predicted octanol–water partition coefficient (Wildman–Crippen LogP) is 2.48. The number of carbonyl (C=O) groups excluding carboxylic acids is 1. The standard InChI is InChI=1S/C22H32N2O6S/c1-16-5-3-4-10-24(16)31(26,27)20-15-18(6-7-19(20)28-2)21(25)23-11-8-17(9-12-23)22-29-13-14-30-22/h6-7,15-17,22H,3-5,8-14H2,1-2H3. The fourth-order valence-corrected chi connectivity index (χ4v) is 6.66. The zero-order valence-corrected chi connectivity index (χ0v) is 19.1. The SMILES string of the molecule is COc1ccc(C(=O)N2CCC(C3OCCO3)CC2)cc1S(=O)(=O)N1CCCCC1C. The molecule has 1 unspecified atom stereocenters. The largest absolute Gasteiger partial charge is 0.495 e. The van der Waals surface area contributed by atoms with Crippen LogP contribution in [0, 0.1) is 5.92 Å². The van der Waals surface area contributed by atoms with Gasteiger partial charge in [-0.2, -0.15) is 4.31 Å². The van der Waals surface area contributed by atoms with Crippen LogP contribution < -0.4 is 4.74 Å². The van der Waals surface area contributed by atoms with Crippen LogP contribution in [0.1, 0.15) is 49.4 Å². The summed E-state index contributed by atoms with van der Waals surface area (Å²) in [6.45, 7) is 4.88. The Hall–Kier alpha value is -1.68. The van der Waals surface area contributed by atoms with Crippen LogP contribution in [-0.2, 0) is 19.5 Å². The third-order valence-corrected chi connectivity index (χ3v) is 8.63. The molecule has 0 aromatic heterocycles. The molecule has 0 bridgehead atoms. The molecule has 3 heterocycles. The fraction of sp³-hybridized carbons (Fsp3) is 0.682. The summed E-state index contributed by atoms with van der Waals surface area (Å²) >= 11 is 0. The zero-order valence-electron chi connectivity index (χ0n) is 18.3. The van der Waals surface area contributed by atoms with Crippen LogP contribution in [0.3, 0.4) is 0 Å². The number of hydrogen-bond donors (Lipinski definition) is 0. The van der Waals surface area contributed by atoms with E-state index in [-0.39, 0.29) is 28.9 Å². The lowest BCUT2D eigenvalue weighted by Crippen LogP contribution is -2.42. The van der Waals surface area contributed by atoms with E-state index in [0.29, 0.717) is 44.3 Å². The van der Waals surface area contributed by atoms with Crippen molar-refractivity contribution < 1.29 is 27.4 Å². The molecule has 3 aliphatic rings. The minimum Gasteiger partial charge on any atom is -0.495 e. The smallest absolute Gasteiger partial charge is 0.253 e. The fourth-order valence-electron chi connectivity index (χ4n) is 4.77. The average molecular weight is 453 g/mol. The van der Waals surface area contributed by atoms with E-state index in [4.69, 9.17) is 14.2 Å². The number of benzene rings is 1. The Bertz CT molecular complexity index is 891. The van der Waals surface area contributed by atoms with Gasteiger partial charge in [0.15, 0.2) is 6.29 Å². The maximum atomic E-state index is 13.4. The van der Waals surface area contributed by atoms with Gasteiger partial charge in [-0.05, 0) is 50.8 Å². The summed E-state index contributed by atoms with van der Waals surface area (Å²) in [6, 6.07) is 4.64. The molecular formula is C22H32N2O6S. The lowest BCUT2D eigenvalue weighted by Gasteiger charge is -2.34. The molecule has 0 radical (unpaired) electrons. The molecule has 0 saturated carbocycles. The molecule has 3 saturated heterocycles. The summed E-state index contributed by atoms with van der Waals surface area (Å²) in [5, 5.41) is 0. The molecule has 31 heavy (non-hydrogen) atoms. The topological polar surface area (TPSA) is 85.4 Å². The summed E-state index contributed by atoms with van der Waals surface area (Å²) in [6.07, 6.45) is 4.15. The van der Waals surface area contributed by atoms with Crippen molar-refractivity contribution in [3.05, 3.63) is 23.8 Å². The minimum atomic E-state index is -3.76. The maximum Gasteiger partial charge on any atom is 0.253 e. The van der Waals surface area contributed by atoms with Gasteiger partial charge in [0.2, 0.25) is 10.0 Å². The lowest BCUT2D eigenvalue weighted by atomic mass is 9.95. The summed E-state index contributed by atoms with van der Waals surface area (Å²) in [4.78, 5) is 15.0. The van der Waals surface area contributed by atoms with Crippen molar-refractivity contribution in [3.8, 4) is 5.75 Å². The van der Waals surface area contributed by atoms with Gasteiger partial charge in [-0.1, -0.05) is 6.42 Å². The van der Waals surface area contributed by atoms with Crippen molar-refractivity contribution in [2.45, 2.75) is 56.3 Å². The molecule has 1 atom stereocenters. The van der Waals surface area contributed by atoms with E-state index in [1.807, 2.05) is 6.92 Å². The van der Waals surface area contributed by atoms with Gasteiger partial charge >= 0.3 is 0 Å². The minimum absolute atomic E-state index is 0.0669. The molecule has 0 N–H and O–H groups in total. The molecule has 172 valence electrons. The maximum absolute atomic E-state index is 13.4. The van der Waals surface area contributed by atoms with Gasteiger partial charge in [-0.25, -0.2) is 8.42 Å². The van der Waals surface area contributed by atoms with Crippen LogP contribution in [0.15, 0.2) is 23.1 Å². The van der Waals surface area contributed by atoms with Gasteiger partial charge in [0.05, 0.1) is 20.3 Å². The summed E-state index contributed by atoms with van der Waals surface area (Å²) in [5.41, 5.74) is 0.371. The van der Waals surface area contributed by atoms with Crippen molar-refractivity contribution in [3.63, 3.8) is 0 Å². The van der Waals surface area contributed by atoms with Gasteiger partial charge in [0, 0.05) is 37.2 Å². The van der Waals surface area contributed by atoms with Crippen LogP contribution in [0.4, 0.5) is 0 Å². The normalized spacial score (nSPS) is 24.5. The Balaban J connectivity index is 1.52.